The molecule has 3 heteroatoms. The van der Waals surface area contributed by atoms with Crippen molar-refractivity contribution in [2.45, 2.75) is 57.3 Å². The van der Waals surface area contributed by atoms with Gasteiger partial charge >= 0.3 is 0 Å². The molecule has 0 spiro atoms. The van der Waals surface area contributed by atoms with Gasteiger partial charge in [0.15, 0.2) is 0 Å². The van der Waals surface area contributed by atoms with Crippen LogP contribution in [0.2, 0.25) is 0 Å². The lowest BCUT2D eigenvalue weighted by atomic mass is 9.84. The first-order chi connectivity index (χ1) is 12.8. The summed E-state index contributed by atoms with van der Waals surface area (Å²) in [7, 11) is 0. The molecule has 138 valence electrons. The summed E-state index contributed by atoms with van der Waals surface area (Å²) in [4.78, 5) is 2.48. The van der Waals surface area contributed by atoms with Crippen LogP contribution >= 0.6 is 0 Å². The monoisotopic (exact) mass is 349 g/mol. The van der Waals surface area contributed by atoms with Gasteiger partial charge in [-0.3, -0.25) is 5.01 Å². The summed E-state index contributed by atoms with van der Waals surface area (Å²) in [5.41, 5.74) is 4.89. The van der Waals surface area contributed by atoms with Crippen molar-refractivity contribution < 1.29 is 0 Å². The van der Waals surface area contributed by atoms with Gasteiger partial charge in [0.1, 0.15) is 0 Å². The van der Waals surface area contributed by atoms with Gasteiger partial charge in [-0.15, -0.1) is 0 Å². The first-order valence-electron chi connectivity index (χ1n) is 10.3. The predicted molar refractivity (Wildman–Crippen MR) is 111 cm³/mol. The number of hydrogen-bond donors (Lipinski definition) is 1. The van der Waals surface area contributed by atoms with E-state index in [2.05, 4.69) is 53.4 Å². The number of piperidine rings is 1. The predicted octanol–water partition coefficient (Wildman–Crippen LogP) is 5.74. The van der Waals surface area contributed by atoms with Crippen molar-refractivity contribution in [2.24, 2.45) is 5.84 Å². The number of nitrogens with zero attached hydrogens (tertiary/aromatic N) is 2. The molecular formula is C23H31N3. The summed E-state index contributed by atoms with van der Waals surface area (Å²) in [5, 5.41) is 1.86. The van der Waals surface area contributed by atoms with Crippen LogP contribution < -0.4 is 15.8 Å². The SMILES string of the molecule is NN(c1ccc(C2CCCCC2)cc1)c1ccccc1N1CCCCC1. The van der Waals surface area contributed by atoms with Crippen molar-refractivity contribution in [3.63, 3.8) is 0 Å². The van der Waals surface area contributed by atoms with E-state index >= 15 is 0 Å². The molecule has 2 fully saturated rings. The van der Waals surface area contributed by atoms with Gasteiger partial charge in [0.25, 0.3) is 0 Å². The second-order valence-electron chi connectivity index (χ2n) is 7.83. The Bertz CT molecular complexity index is 698. The molecule has 1 saturated heterocycles. The summed E-state index contributed by atoms with van der Waals surface area (Å²) in [6, 6.07) is 17.5. The smallest absolute Gasteiger partial charge is 0.0808 e. The molecule has 1 saturated carbocycles. The Kier molecular flexibility index (Phi) is 5.45. The average Bonchev–Trinajstić information content (AvgIpc) is 2.75. The van der Waals surface area contributed by atoms with E-state index in [1.54, 1.807) is 0 Å². The lowest BCUT2D eigenvalue weighted by molar-refractivity contribution is 0.443. The normalized spacial score (nSPS) is 18.7. The highest BCUT2D eigenvalue weighted by atomic mass is 15.4. The number of para-hydroxylation sites is 2. The number of nitrogens with two attached hydrogens (primary N) is 1. The van der Waals surface area contributed by atoms with E-state index in [1.807, 2.05) is 5.01 Å². The average molecular weight is 350 g/mol. The van der Waals surface area contributed by atoms with Gasteiger partial charge in [0.05, 0.1) is 17.1 Å². The summed E-state index contributed by atoms with van der Waals surface area (Å²) in [6.45, 7) is 2.26. The minimum atomic E-state index is 0.740. The number of hydrogen-bond acceptors (Lipinski definition) is 3. The molecular weight excluding hydrogens is 318 g/mol. The topological polar surface area (TPSA) is 32.5 Å². The van der Waals surface area contributed by atoms with Crippen LogP contribution in [0.25, 0.3) is 0 Å². The Labute approximate surface area is 157 Å². The second kappa shape index (κ2) is 8.13. The minimum absolute atomic E-state index is 0.740. The Hall–Kier alpha value is -2.00. The van der Waals surface area contributed by atoms with Crippen LogP contribution in [0.1, 0.15) is 62.8 Å². The molecule has 0 aromatic heterocycles. The highest BCUT2D eigenvalue weighted by Crippen LogP contribution is 2.36. The summed E-state index contributed by atoms with van der Waals surface area (Å²) in [5.74, 6) is 7.30. The van der Waals surface area contributed by atoms with Crippen molar-refractivity contribution in [3.8, 4) is 0 Å². The maximum atomic E-state index is 6.56. The largest absolute Gasteiger partial charge is 0.370 e. The van der Waals surface area contributed by atoms with Crippen molar-refractivity contribution in [3.05, 3.63) is 54.1 Å². The number of benzene rings is 2. The van der Waals surface area contributed by atoms with Crippen LogP contribution in [0.5, 0.6) is 0 Å². The molecule has 4 rings (SSSR count). The molecule has 2 N–H and O–H groups in total. The number of hydrazine groups is 1. The van der Waals surface area contributed by atoms with Gasteiger partial charge in [0.2, 0.25) is 0 Å². The van der Waals surface area contributed by atoms with Crippen LogP contribution in [0.3, 0.4) is 0 Å². The highest BCUT2D eigenvalue weighted by molar-refractivity contribution is 5.76. The first-order valence-corrected chi connectivity index (χ1v) is 10.3. The van der Waals surface area contributed by atoms with Gasteiger partial charge in [-0.05, 0) is 67.9 Å². The summed E-state index contributed by atoms with van der Waals surface area (Å²) in [6.07, 6.45) is 10.7. The van der Waals surface area contributed by atoms with Crippen LogP contribution in [0.4, 0.5) is 17.1 Å². The third kappa shape index (κ3) is 3.73. The lowest BCUT2D eigenvalue weighted by Crippen LogP contribution is -2.33. The molecule has 0 atom stereocenters. The molecule has 2 aromatic rings. The van der Waals surface area contributed by atoms with Crippen LogP contribution in [-0.4, -0.2) is 13.1 Å². The fraction of sp³-hybridized carbons (Fsp3) is 0.478. The zero-order valence-corrected chi connectivity index (χ0v) is 15.7. The van der Waals surface area contributed by atoms with Crippen LogP contribution in [-0.2, 0) is 0 Å². The molecule has 0 radical (unpaired) electrons. The number of rotatable bonds is 4. The van der Waals surface area contributed by atoms with E-state index in [-0.39, 0.29) is 0 Å². The highest BCUT2D eigenvalue weighted by Gasteiger charge is 2.18. The zero-order chi connectivity index (χ0) is 17.8. The Morgan fingerprint density at radius 2 is 1.42 bits per heavy atom. The quantitative estimate of drug-likeness (QED) is 0.564. The second-order valence-corrected chi connectivity index (χ2v) is 7.83. The van der Waals surface area contributed by atoms with Gasteiger partial charge in [0, 0.05) is 13.1 Å². The maximum absolute atomic E-state index is 6.56. The molecule has 26 heavy (non-hydrogen) atoms. The molecule has 0 unspecified atom stereocenters. The van der Waals surface area contributed by atoms with Crippen molar-refractivity contribution in [2.75, 3.05) is 23.0 Å². The van der Waals surface area contributed by atoms with Gasteiger partial charge < -0.3 is 4.90 Å². The zero-order valence-electron chi connectivity index (χ0n) is 15.7. The number of anilines is 3. The Balaban J connectivity index is 1.54. The molecule has 1 aliphatic carbocycles. The summed E-state index contributed by atoms with van der Waals surface area (Å²) < 4.78 is 0. The molecule has 0 bridgehead atoms. The maximum Gasteiger partial charge on any atom is 0.0808 e. The van der Waals surface area contributed by atoms with Crippen LogP contribution in [0.15, 0.2) is 48.5 Å². The van der Waals surface area contributed by atoms with E-state index < -0.39 is 0 Å². The third-order valence-corrected chi connectivity index (χ3v) is 6.09. The summed E-state index contributed by atoms with van der Waals surface area (Å²) >= 11 is 0. The third-order valence-electron chi connectivity index (χ3n) is 6.09. The van der Waals surface area contributed by atoms with E-state index in [9.17, 15) is 0 Å². The Morgan fingerprint density at radius 3 is 2.15 bits per heavy atom. The molecule has 1 heterocycles. The lowest BCUT2D eigenvalue weighted by Gasteiger charge is -2.33. The van der Waals surface area contributed by atoms with E-state index in [1.165, 1.54) is 62.6 Å². The molecule has 2 aliphatic rings. The molecule has 1 aliphatic heterocycles. The van der Waals surface area contributed by atoms with Crippen LogP contribution in [0, 0.1) is 0 Å². The minimum Gasteiger partial charge on any atom is -0.370 e. The fourth-order valence-corrected chi connectivity index (χ4v) is 4.55. The van der Waals surface area contributed by atoms with Gasteiger partial charge in [-0.25, -0.2) is 5.84 Å². The van der Waals surface area contributed by atoms with Crippen molar-refractivity contribution >= 4 is 17.1 Å². The van der Waals surface area contributed by atoms with Crippen molar-refractivity contribution in [1.29, 1.82) is 0 Å². The van der Waals surface area contributed by atoms with Gasteiger partial charge in [-0.1, -0.05) is 43.5 Å². The molecule has 3 nitrogen and oxygen atoms in total. The fourth-order valence-electron chi connectivity index (χ4n) is 4.55. The molecule has 0 amide bonds. The standard InChI is InChI=1S/C23H31N3/c24-26(21-15-13-20(14-16-21)19-9-3-1-4-10-19)23-12-6-5-11-22(23)25-17-7-2-8-18-25/h5-6,11-16,19H,1-4,7-10,17-18,24H2. The van der Waals surface area contributed by atoms with Crippen molar-refractivity contribution in [1.82, 2.24) is 0 Å². The van der Waals surface area contributed by atoms with Gasteiger partial charge in [-0.2, -0.15) is 0 Å². The van der Waals surface area contributed by atoms with E-state index in [4.69, 9.17) is 5.84 Å². The van der Waals surface area contributed by atoms with E-state index in [0.717, 1.165) is 30.4 Å². The first kappa shape index (κ1) is 17.4. The molecule has 2 aromatic carbocycles. The van der Waals surface area contributed by atoms with E-state index in [0.29, 0.717) is 0 Å². The Morgan fingerprint density at radius 1 is 0.769 bits per heavy atom.